The normalized spacial score (nSPS) is 33.2. The number of β-amino-alcohol motifs (C(OH)–C–C–N with tert-alkyl or cyclic N) is 1. The molecule has 2 aliphatic heterocycles. The van der Waals surface area contributed by atoms with Crippen molar-refractivity contribution in [2.24, 2.45) is 0 Å². The highest BCUT2D eigenvalue weighted by molar-refractivity contribution is 5.85. The van der Waals surface area contributed by atoms with E-state index in [0.717, 1.165) is 12.8 Å². The lowest BCUT2D eigenvalue weighted by molar-refractivity contribution is -0.133. The van der Waals surface area contributed by atoms with Gasteiger partial charge >= 0.3 is 0 Å². The molecule has 1 amide bonds. The summed E-state index contributed by atoms with van der Waals surface area (Å²) in [5.41, 5.74) is 0. The number of carbonyl (C=O) groups is 1. The second-order valence-corrected chi connectivity index (χ2v) is 4.17. The molecule has 0 saturated carbocycles. The van der Waals surface area contributed by atoms with E-state index < -0.39 is 6.10 Å². The van der Waals surface area contributed by atoms with Crippen molar-refractivity contribution in [3.8, 4) is 6.07 Å². The third-order valence-electron chi connectivity index (χ3n) is 3.09. The molecule has 0 radical (unpaired) electrons. The molecule has 0 spiro atoms. The van der Waals surface area contributed by atoms with Crippen LogP contribution in [0.3, 0.4) is 0 Å². The van der Waals surface area contributed by atoms with E-state index in [-0.39, 0.29) is 30.4 Å². The summed E-state index contributed by atoms with van der Waals surface area (Å²) in [6.07, 6.45) is 1.71. The number of hydrogen-bond acceptors (Lipinski definition) is 4. The second kappa shape index (κ2) is 5.48. The molecule has 2 saturated heterocycles. The smallest absolute Gasteiger partial charge is 0.240 e. The van der Waals surface area contributed by atoms with E-state index >= 15 is 0 Å². The van der Waals surface area contributed by atoms with Crippen molar-refractivity contribution in [1.29, 1.82) is 5.26 Å². The lowest BCUT2D eigenvalue weighted by Crippen LogP contribution is -2.45. The Morgan fingerprint density at radius 1 is 1.56 bits per heavy atom. The number of nitriles is 1. The Bertz CT molecular complexity index is 305. The minimum Gasteiger partial charge on any atom is -0.392 e. The Balaban J connectivity index is 0.00000128. The average molecular weight is 246 g/mol. The Morgan fingerprint density at radius 2 is 2.31 bits per heavy atom. The van der Waals surface area contributed by atoms with E-state index in [0.29, 0.717) is 19.5 Å². The molecule has 1 unspecified atom stereocenters. The van der Waals surface area contributed by atoms with Crippen LogP contribution in [0.5, 0.6) is 0 Å². The first-order valence-electron chi connectivity index (χ1n) is 5.34. The summed E-state index contributed by atoms with van der Waals surface area (Å²) in [4.78, 5) is 13.6. The molecule has 2 N–H and O–H groups in total. The Kier molecular flexibility index (Phi) is 4.54. The van der Waals surface area contributed by atoms with Crippen molar-refractivity contribution >= 4 is 18.3 Å². The SMILES string of the molecule is Cl.N#CC1CCCN1C(=O)[C@@H]1C[C@@H](O)CN1. The average Bonchev–Trinajstić information content (AvgIpc) is 2.84. The summed E-state index contributed by atoms with van der Waals surface area (Å²) in [5, 5.41) is 21.2. The van der Waals surface area contributed by atoms with Crippen molar-refractivity contribution in [3.05, 3.63) is 0 Å². The van der Waals surface area contributed by atoms with Crippen LogP contribution in [0.1, 0.15) is 19.3 Å². The number of halogens is 1. The second-order valence-electron chi connectivity index (χ2n) is 4.17. The van der Waals surface area contributed by atoms with Gasteiger partial charge in [0.25, 0.3) is 0 Å². The van der Waals surface area contributed by atoms with Crippen LogP contribution in [0, 0.1) is 11.3 Å². The molecule has 2 fully saturated rings. The first kappa shape index (κ1) is 13.2. The third kappa shape index (κ3) is 2.46. The summed E-state index contributed by atoms with van der Waals surface area (Å²) < 4.78 is 0. The van der Waals surface area contributed by atoms with Gasteiger partial charge in [-0.3, -0.25) is 4.79 Å². The summed E-state index contributed by atoms with van der Waals surface area (Å²) in [6.45, 7) is 1.15. The molecule has 90 valence electrons. The molecule has 2 rings (SSSR count). The van der Waals surface area contributed by atoms with Gasteiger partial charge in [-0.25, -0.2) is 0 Å². The molecule has 2 heterocycles. The molecule has 16 heavy (non-hydrogen) atoms. The van der Waals surface area contributed by atoms with Gasteiger partial charge in [0.05, 0.1) is 18.2 Å². The van der Waals surface area contributed by atoms with E-state index in [9.17, 15) is 9.90 Å². The van der Waals surface area contributed by atoms with E-state index in [1.807, 2.05) is 0 Å². The lowest BCUT2D eigenvalue weighted by Gasteiger charge is -2.23. The van der Waals surface area contributed by atoms with Gasteiger partial charge in [-0.15, -0.1) is 12.4 Å². The molecule has 2 aliphatic rings. The quantitative estimate of drug-likeness (QED) is 0.662. The number of nitrogens with zero attached hydrogens (tertiary/aromatic N) is 2. The lowest BCUT2D eigenvalue weighted by atomic mass is 10.1. The van der Waals surface area contributed by atoms with Crippen molar-refractivity contribution in [2.75, 3.05) is 13.1 Å². The zero-order valence-corrected chi connectivity index (χ0v) is 9.74. The largest absolute Gasteiger partial charge is 0.392 e. The summed E-state index contributed by atoms with van der Waals surface area (Å²) in [6, 6.07) is 1.58. The van der Waals surface area contributed by atoms with E-state index in [2.05, 4.69) is 11.4 Å². The minimum atomic E-state index is -0.429. The van der Waals surface area contributed by atoms with Crippen molar-refractivity contribution in [1.82, 2.24) is 10.2 Å². The van der Waals surface area contributed by atoms with Crippen LogP contribution in [0.15, 0.2) is 0 Å². The first-order chi connectivity index (χ1) is 7.22. The number of hydrogen-bond donors (Lipinski definition) is 2. The molecule has 0 aromatic heterocycles. The number of carbonyl (C=O) groups excluding carboxylic acids is 1. The highest BCUT2D eigenvalue weighted by atomic mass is 35.5. The number of rotatable bonds is 1. The maximum atomic E-state index is 12.0. The molecule has 0 aromatic rings. The molecule has 0 aromatic carbocycles. The monoisotopic (exact) mass is 245 g/mol. The van der Waals surface area contributed by atoms with Crippen LogP contribution < -0.4 is 5.32 Å². The fourth-order valence-corrected chi connectivity index (χ4v) is 2.27. The topological polar surface area (TPSA) is 76.4 Å². The summed E-state index contributed by atoms with van der Waals surface area (Å²) in [7, 11) is 0. The number of likely N-dealkylation sites (tertiary alicyclic amines) is 1. The van der Waals surface area contributed by atoms with Gasteiger partial charge in [-0.05, 0) is 19.3 Å². The third-order valence-corrected chi connectivity index (χ3v) is 3.09. The van der Waals surface area contributed by atoms with Gasteiger partial charge in [0.2, 0.25) is 5.91 Å². The Morgan fingerprint density at radius 3 is 2.88 bits per heavy atom. The van der Waals surface area contributed by atoms with Gasteiger partial charge in [0, 0.05) is 13.1 Å². The van der Waals surface area contributed by atoms with E-state index in [1.165, 1.54) is 0 Å². The number of aliphatic hydroxyl groups is 1. The Labute approximate surface area is 101 Å². The van der Waals surface area contributed by atoms with Gasteiger partial charge in [-0.2, -0.15) is 5.26 Å². The maximum absolute atomic E-state index is 12.0. The van der Waals surface area contributed by atoms with Crippen LogP contribution in [0.2, 0.25) is 0 Å². The van der Waals surface area contributed by atoms with Crippen LogP contribution in [0.25, 0.3) is 0 Å². The van der Waals surface area contributed by atoms with Gasteiger partial charge in [0.15, 0.2) is 0 Å². The van der Waals surface area contributed by atoms with Crippen LogP contribution in [0.4, 0.5) is 0 Å². The van der Waals surface area contributed by atoms with Crippen molar-refractivity contribution < 1.29 is 9.90 Å². The molecule has 6 heteroatoms. The number of amides is 1. The summed E-state index contributed by atoms with van der Waals surface area (Å²) in [5.74, 6) is -0.0319. The molecular formula is C10H16ClN3O2. The van der Waals surface area contributed by atoms with Gasteiger partial charge in [0.1, 0.15) is 6.04 Å². The predicted molar refractivity (Wildman–Crippen MR) is 60.0 cm³/mol. The van der Waals surface area contributed by atoms with Crippen molar-refractivity contribution in [2.45, 2.75) is 37.5 Å². The maximum Gasteiger partial charge on any atom is 0.240 e. The highest BCUT2D eigenvalue weighted by Gasteiger charge is 2.36. The van der Waals surface area contributed by atoms with Gasteiger partial charge < -0.3 is 15.3 Å². The van der Waals surface area contributed by atoms with Crippen molar-refractivity contribution in [3.63, 3.8) is 0 Å². The number of aliphatic hydroxyl groups excluding tert-OH is 1. The van der Waals surface area contributed by atoms with Crippen LogP contribution in [-0.2, 0) is 4.79 Å². The molecule has 0 aliphatic carbocycles. The zero-order chi connectivity index (χ0) is 10.8. The Hall–Kier alpha value is -0.830. The van der Waals surface area contributed by atoms with Crippen LogP contribution in [-0.4, -0.2) is 47.2 Å². The number of nitrogens with one attached hydrogen (secondary N) is 1. The fraction of sp³-hybridized carbons (Fsp3) is 0.800. The molecular weight excluding hydrogens is 230 g/mol. The van der Waals surface area contributed by atoms with Crippen LogP contribution >= 0.6 is 12.4 Å². The zero-order valence-electron chi connectivity index (χ0n) is 8.93. The minimum absolute atomic E-state index is 0. The van der Waals surface area contributed by atoms with Gasteiger partial charge in [-0.1, -0.05) is 0 Å². The van der Waals surface area contributed by atoms with E-state index in [4.69, 9.17) is 5.26 Å². The molecule has 5 nitrogen and oxygen atoms in total. The summed E-state index contributed by atoms with van der Waals surface area (Å²) >= 11 is 0. The fourth-order valence-electron chi connectivity index (χ4n) is 2.27. The highest BCUT2D eigenvalue weighted by Crippen LogP contribution is 2.19. The standard InChI is InChI=1S/C10H15N3O2.ClH/c11-5-7-2-1-3-13(7)10(15)9-4-8(14)6-12-9;/h7-9,12,14H,1-4,6H2;1H/t7?,8-,9+;/m1./s1. The van der Waals surface area contributed by atoms with E-state index in [1.54, 1.807) is 4.90 Å². The predicted octanol–water partition coefficient (Wildman–Crippen LogP) is -0.354. The molecule has 3 atom stereocenters. The first-order valence-corrected chi connectivity index (χ1v) is 5.34. The molecule has 0 bridgehead atoms.